The number of pyridine rings is 1. The first-order chi connectivity index (χ1) is 8.04. The van der Waals surface area contributed by atoms with Gasteiger partial charge < -0.3 is 15.6 Å². The average molecular weight is 238 g/mol. The van der Waals surface area contributed by atoms with Gasteiger partial charge in [-0.1, -0.05) is 13.3 Å². The van der Waals surface area contributed by atoms with E-state index >= 15 is 0 Å². The number of carboxylic acids is 1. The van der Waals surface area contributed by atoms with Gasteiger partial charge in [0.2, 0.25) is 0 Å². The van der Waals surface area contributed by atoms with Crippen molar-refractivity contribution in [3.63, 3.8) is 0 Å². The summed E-state index contributed by atoms with van der Waals surface area (Å²) in [5, 5.41) is 8.83. The quantitative estimate of drug-likeness (QED) is 0.744. The van der Waals surface area contributed by atoms with Crippen LogP contribution >= 0.6 is 0 Å². The molecule has 6 heteroatoms. The van der Waals surface area contributed by atoms with E-state index in [1.165, 1.54) is 18.3 Å². The maximum absolute atomic E-state index is 11.6. The average Bonchev–Trinajstić information content (AvgIpc) is 2.29. The van der Waals surface area contributed by atoms with Crippen molar-refractivity contribution in [2.45, 2.75) is 25.9 Å². The Kier molecular flexibility index (Phi) is 4.45. The standard InChI is InChI=1S/C11H14N2O4/c1-2-3-9(10(14)15)17-11(16)8-5-4-7(12)6-13-8/h4-6,9H,2-3,12H2,1H3,(H,14,15). The summed E-state index contributed by atoms with van der Waals surface area (Å²) in [5.74, 6) is -1.92. The van der Waals surface area contributed by atoms with Crippen LogP contribution in [-0.4, -0.2) is 28.1 Å². The second kappa shape index (κ2) is 5.83. The minimum atomic E-state index is -1.16. The third-order valence-corrected chi connectivity index (χ3v) is 2.07. The Morgan fingerprint density at radius 2 is 2.24 bits per heavy atom. The number of aliphatic carboxylic acids is 1. The lowest BCUT2D eigenvalue weighted by Gasteiger charge is -2.12. The maximum atomic E-state index is 11.6. The number of aromatic nitrogens is 1. The van der Waals surface area contributed by atoms with E-state index in [1.807, 2.05) is 6.92 Å². The molecule has 3 N–H and O–H groups in total. The number of nitrogens with zero attached hydrogens (tertiary/aromatic N) is 1. The molecule has 1 rings (SSSR count). The molecule has 0 spiro atoms. The van der Waals surface area contributed by atoms with Gasteiger partial charge in [0.1, 0.15) is 5.69 Å². The molecule has 1 unspecified atom stereocenters. The Morgan fingerprint density at radius 1 is 1.53 bits per heavy atom. The number of nitrogens with two attached hydrogens (primary N) is 1. The van der Waals surface area contributed by atoms with Crippen molar-refractivity contribution in [3.8, 4) is 0 Å². The predicted octanol–water partition coefficient (Wildman–Crippen LogP) is 1.07. The fraction of sp³-hybridized carbons (Fsp3) is 0.364. The molecule has 1 aromatic rings. The summed E-state index contributed by atoms with van der Waals surface area (Å²) in [6.45, 7) is 1.81. The third kappa shape index (κ3) is 3.75. The number of hydrogen-bond acceptors (Lipinski definition) is 5. The first-order valence-corrected chi connectivity index (χ1v) is 5.20. The summed E-state index contributed by atoms with van der Waals surface area (Å²) in [6.07, 6.45) is 1.06. The zero-order chi connectivity index (χ0) is 12.8. The molecular formula is C11H14N2O4. The molecule has 0 saturated heterocycles. The van der Waals surface area contributed by atoms with Gasteiger partial charge in [-0.25, -0.2) is 14.6 Å². The van der Waals surface area contributed by atoms with Crippen LogP contribution in [0.25, 0.3) is 0 Å². The number of hydrogen-bond donors (Lipinski definition) is 2. The zero-order valence-corrected chi connectivity index (χ0v) is 9.42. The van der Waals surface area contributed by atoms with Gasteiger partial charge in [-0.05, 0) is 18.6 Å². The van der Waals surface area contributed by atoms with E-state index in [0.29, 0.717) is 12.1 Å². The molecule has 0 aliphatic heterocycles. The summed E-state index contributed by atoms with van der Waals surface area (Å²) >= 11 is 0. The van der Waals surface area contributed by atoms with Gasteiger partial charge in [-0.2, -0.15) is 0 Å². The molecule has 17 heavy (non-hydrogen) atoms. The SMILES string of the molecule is CCCC(OC(=O)c1ccc(N)cn1)C(=O)O. The number of anilines is 1. The van der Waals surface area contributed by atoms with Gasteiger partial charge >= 0.3 is 11.9 Å². The van der Waals surface area contributed by atoms with Crippen LogP contribution in [0.15, 0.2) is 18.3 Å². The van der Waals surface area contributed by atoms with Gasteiger partial charge in [0.05, 0.1) is 11.9 Å². The fourth-order valence-electron chi connectivity index (χ4n) is 1.21. The second-order valence-electron chi connectivity index (χ2n) is 3.50. The number of rotatable bonds is 5. The highest BCUT2D eigenvalue weighted by Crippen LogP contribution is 2.08. The summed E-state index contributed by atoms with van der Waals surface area (Å²) in [7, 11) is 0. The normalized spacial score (nSPS) is 11.8. The molecule has 0 aliphatic carbocycles. The van der Waals surface area contributed by atoms with Crippen LogP contribution in [-0.2, 0) is 9.53 Å². The smallest absolute Gasteiger partial charge is 0.357 e. The Bertz CT molecular complexity index is 402. The fourth-order valence-corrected chi connectivity index (χ4v) is 1.21. The van der Waals surface area contributed by atoms with Crippen molar-refractivity contribution in [2.24, 2.45) is 0 Å². The molecule has 0 saturated carbocycles. The minimum absolute atomic E-state index is 0.0431. The van der Waals surface area contributed by atoms with Crippen molar-refractivity contribution in [1.82, 2.24) is 4.98 Å². The summed E-state index contributed by atoms with van der Waals surface area (Å²) in [4.78, 5) is 26.1. The lowest BCUT2D eigenvalue weighted by molar-refractivity contribution is -0.147. The number of esters is 1. The van der Waals surface area contributed by atoms with Crippen molar-refractivity contribution >= 4 is 17.6 Å². The monoisotopic (exact) mass is 238 g/mol. The van der Waals surface area contributed by atoms with Gasteiger partial charge in [0, 0.05) is 0 Å². The number of carboxylic acid groups (broad SMARTS) is 1. The second-order valence-corrected chi connectivity index (χ2v) is 3.50. The van der Waals surface area contributed by atoms with E-state index in [0.717, 1.165) is 0 Å². The van der Waals surface area contributed by atoms with Crippen LogP contribution in [0, 0.1) is 0 Å². The van der Waals surface area contributed by atoms with E-state index in [1.54, 1.807) is 0 Å². The van der Waals surface area contributed by atoms with Crippen LogP contribution in [0.2, 0.25) is 0 Å². The van der Waals surface area contributed by atoms with Gasteiger partial charge in [0.15, 0.2) is 6.10 Å². The summed E-state index contributed by atoms with van der Waals surface area (Å²) in [5.41, 5.74) is 5.88. The van der Waals surface area contributed by atoms with Crippen molar-refractivity contribution in [3.05, 3.63) is 24.0 Å². The number of ether oxygens (including phenoxy) is 1. The Labute approximate surface area is 98.4 Å². The lowest BCUT2D eigenvalue weighted by Crippen LogP contribution is -2.27. The number of carbonyl (C=O) groups is 2. The Morgan fingerprint density at radius 3 is 2.71 bits per heavy atom. The van der Waals surface area contributed by atoms with Crippen molar-refractivity contribution in [1.29, 1.82) is 0 Å². The predicted molar refractivity (Wildman–Crippen MR) is 60.4 cm³/mol. The summed E-state index contributed by atoms with van der Waals surface area (Å²) in [6, 6.07) is 2.89. The maximum Gasteiger partial charge on any atom is 0.357 e. The van der Waals surface area contributed by atoms with E-state index < -0.39 is 18.0 Å². The molecule has 0 aliphatic rings. The molecule has 1 atom stereocenters. The highest BCUT2D eigenvalue weighted by molar-refractivity contribution is 5.89. The largest absolute Gasteiger partial charge is 0.479 e. The molecule has 1 aromatic heterocycles. The number of nitrogen functional groups attached to an aromatic ring is 1. The highest BCUT2D eigenvalue weighted by atomic mass is 16.6. The molecule has 92 valence electrons. The molecule has 1 heterocycles. The van der Waals surface area contributed by atoms with Crippen LogP contribution < -0.4 is 5.73 Å². The van der Waals surface area contributed by atoms with Crippen LogP contribution in [0.3, 0.4) is 0 Å². The molecule has 0 bridgehead atoms. The molecule has 6 nitrogen and oxygen atoms in total. The van der Waals surface area contributed by atoms with Gasteiger partial charge in [-0.15, -0.1) is 0 Å². The third-order valence-electron chi connectivity index (χ3n) is 2.07. The van der Waals surface area contributed by atoms with E-state index in [9.17, 15) is 9.59 Å². The van der Waals surface area contributed by atoms with Crippen molar-refractivity contribution < 1.29 is 19.4 Å². The Balaban J connectivity index is 2.70. The number of carbonyl (C=O) groups excluding carboxylic acids is 1. The van der Waals surface area contributed by atoms with E-state index in [4.69, 9.17) is 15.6 Å². The van der Waals surface area contributed by atoms with Gasteiger partial charge in [0.25, 0.3) is 0 Å². The molecule has 0 aromatic carbocycles. The highest BCUT2D eigenvalue weighted by Gasteiger charge is 2.22. The Hall–Kier alpha value is -2.11. The molecule has 0 fully saturated rings. The first-order valence-electron chi connectivity index (χ1n) is 5.20. The van der Waals surface area contributed by atoms with Crippen LogP contribution in [0.1, 0.15) is 30.3 Å². The molecular weight excluding hydrogens is 224 g/mol. The van der Waals surface area contributed by atoms with Crippen LogP contribution in [0.4, 0.5) is 5.69 Å². The topological polar surface area (TPSA) is 103 Å². The minimum Gasteiger partial charge on any atom is -0.479 e. The van der Waals surface area contributed by atoms with Gasteiger partial charge in [-0.3, -0.25) is 0 Å². The molecule has 0 radical (unpaired) electrons. The lowest BCUT2D eigenvalue weighted by atomic mass is 10.2. The van der Waals surface area contributed by atoms with E-state index in [2.05, 4.69) is 4.98 Å². The van der Waals surface area contributed by atoms with Crippen molar-refractivity contribution in [2.75, 3.05) is 5.73 Å². The zero-order valence-electron chi connectivity index (χ0n) is 9.42. The summed E-state index contributed by atoms with van der Waals surface area (Å²) < 4.78 is 4.84. The van der Waals surface area contributed by atoms with Crippen LogP contribution in [0.5, 0.6) is 0 Å². The molecule has 0 amide bonds. The van der Waals surface area contributed by atoms with E-state index in [-0.39, 0.29) is 12.1 Å². The first kappa shape index (κ1) is 13.0.